The zero-order valence-electron chi connectivity index (χ0n) is 38.4. The van der Waals surface area contributed by atoms with Crippen molar-refractivity contribution < 1.29 is 60.3 Å². The first-order valence-corrected chi connectivity index (χ1v) is 21.6. The topological polar surface area (TPSA) is 38.7 Å². The van der Waals surface area contributed by atoms with Gasteiger partial charge in [0.1, 0.15) is 0 Å². The Morgan fingerprint density at radius 3 is 1.14 bits per heavy atom. The van der Waals surface area contributed by atoms with Gasteiger partial charge in [-0.25, -0.2) is 0 Å². The number of hydrogen-bond donors (Lipinski definition) is 0. The first-order valence-electron chi connectivity index (χ1n) is 21.6. The molecule has 0 bridgehead atoms. The summed E-state index contributed by atoms with van der Waals surface area (Å²) < 4.78 is 0. The molecule has 339 valence electrons. The van der Waals surface area contributed by atoms with E-state index in [1.54, 1.807) is 0 Å². The van der Waals surface area contributed by atoms with Gasteiger partial charge in [0.05, 0.1) is 0 Å². The van der Waals surface area contributed by atoms with Gasteiger partial charge in [0.25, 0.3) is 0 Å². The SMILES string of the molecule is CC(C)(C)c1ccc(-c2[c-]ccc(-c3ccccc3)c2)nc1.CC(C)c1ccc(-c2[c-]ccc(-c3ccccc3)c2)nc1.Cc1cnc(-c2[c-]ccc(-c3ccccc3)c2)cc1C.[Ir].[Ir].[Ir]. The van der Waals surface area contributed by atoms with Crippen molar-refractivity contribution in [2.45, 2.75) is 59.8 Å². The normalized spacial score (nSPS) is 10.4. The smallest absolute Gasteiger partial charge is 0.0198 e. The average Bonchev–Trinajstić information content (AvgIpc) is 3.33. The monoisotopic (exact) mass is 1400 g/mol. The van der Waals surface area contributed by atoms with Crippen molar-refractivity contribution in [1.82, 2.24) is 15.0 Å². The van der Waals surface area contributed by atoms with E-state index < -0.39 is 0 Å². The van der Waals surface area contributed by atoms with Gasteiger partial charge in [0, 0.05) is 78.9 Å². The molecule has 0 saturated carbocycles. The molecule has 0 aliphatic carbocycles. The minimum atomic E-state index is 0. The maximum atomic E-state index is 4.62. The fourth-order valence-electron chi connectivity index (χ4n) is 6.95. The number of hydrogen-bond acceptors (Lipinski definition) is 3. The van der Waals surface area contributed by atoms with Crippen molar-refractivity contribution in [3.05, 3.63) is 235 Å². The van der Waals surface area contributed by atoms with Gasteiger partial charge >= 0.3 is 0 Å². The summed E-state index contributed by atoms with van der Waals surface area (Å²) in [5, 5.41) is 0. The molecule has 0 aliphatic rings. The molecule has 3 nitrogen and oxygen atoms in total. The van der Waals surface area contributed by atoms with E-state index in [-0.39, 0.29) is 65.7 Å². The summed E-state index contributed by atoms with van der Waals surface area (Å²) in [6, 6.07) is 70.2. The third-order valence-electron chi connectivity index (χ3n) is 11.0. The average molecular weight is 1390 g/mol. The van der Waals surface area contributed by atoms with Crippen molar-refractivity contribution in [2.24, 2.45) is 0 Å². The Labute approximate surface area is 433 Å². The summed E-state index contributed by atoms with van der Waals surface area (Å²) >= 11 is 0. The molecular formula is C60H54Ir3N3-3. The number of rotatable bonds is 7. The van der Waals surface area contributed by atoms with Crippen molar-refractivity contribution in [3.8, 4) is 67.2 Å². The first-order chi connectivity index (χ1) is 30.5. The van der Waals surface area contributed by atoms with Crippen molar-refractivity contribution >= 4 is 0 Å². The Balaban J connectivity index is 0.000000212. The maximum absolute atomic E-state index is 4.62. The molecule has 0 fully saturated rings. The van der Waals surface area contributed by atoms with Crippen LogP contribution in [0.15, 0.2) is 195 Å². The molecule has 9 aromatic rings. The third kappa shape index (κ3) is 14.6. The number of nitrogens with zero attached hydrogens (tertiary/aromatic N) is 3. The Kier molecular flexibility index (Phi) is 20.7. The van der Waals surface area contributed by atoms with Crippen LogP contribution in [0.2, 0.25) is 0 Å². The van der Waals surface area contributed by atoms with E-state index in [1.807, 2.05) is 55.0 Å². The van der Waals surface area contributed by atoms with Gasteiger partial charge < -0.3 is 15.0 Å². The molecule has 0 spiro atoms. The van der Waals surface area contributed by atoms with Gasteiger partial charge in [-0.05, 0) is 75.6 Å². The van der Waals surface area contributed by atoms with E-state index >= 15 is 0 Å². The fraction of sp³-hybridized carbons (Fsp3) is 0.150. The van der Waals surface area contributed by atoms with E-state index in [4.69, 9.17) is 0 Å². The van der Waals surface area contributed by atoms with Crippen molar-refractivity contribution in [2.75, 3.05) is 0 Å². The van der Waals surface area contributed by atoms with Gasteiger partial charge in [-0.1, -0.05) is 162 Å². The van der Waals surface area contributed by atoms with Crippen LogP contribution >= 0.6 is 0 Å². The van der Waals surface area contributed by atoms with Gasteiger partial charge in [0.2, 0.25) is 0 Å². The zero-order chi connectivity index (χ0) is 44.2. The molecule has 6 aromatic carbocycles. The van der Waals surface area contributed by atoms with E-state index in [1.165, 1.54) is 55.6 Å². The second-order valence-corrected chi connectivity index (χ2v) is 17.0. The van der Waals surface area contributed by atoms with E-state index in [9.17, 15) is 0 Å². The molecule has 9 rings (SSSR count). The fourth-order valence-corrected chi connectivity index (χ4v) is 6.95. The van der Waals surface area contributed by atoms with Crippen LogP contribution in [0, 0.1) is 32.0 Å². The molecule has 3 aromatic heterocycles. The van der Waals surface area contributed by atoms with Crippen LogP contribution in [0.4, 0.5) is 0 Å². The Morgan fingerprint density at radius 2 is 0.788 bits per heavy atom. The number of aromatic nitrogens is 3. The second kappa shape index (κ2) is 25.6. The molecule has 0 amide bonds. The molecule has 0 aliphatic heterocycles. The molecule has 0 unspecified atom stereocenters. The Hall–Kier alpha value is -5.28. The van der Waals surface area contributed by atoms with Crippen molar-refractivity contribution in [3.63, 3.8) is 0 Å². The molecule has 0 saturated heterocycles. The van der Waals surface area contributed by atoms with Crippen LogP contribution in [0.1, 0.15) is 62.8 Å². The molecule has 3 heterocycles. The summed E-state index contributed by atoms with van der Waals surface area (Å²) in [4.78, 5) is 13.7. The van der Waals surface area contributed by atoms with E-state index in [0.717, 1.165) is 33.8 Å². The Bertz CT molecular complexity index is 2840. The molecule has 0 atom stereocenters. The van der Waals surface area contributed by atoms with Gasteiger partial charge in [-0.3, -0.25) is 0 Å². The quantitative estimate of drug-likeness (QED) is 0.149. The summed E-state index contributed by atoms with van der Waals surface area (Å²) in [7, 11) is 0. The summed E-state index contributed by atoms with van der Waals surface area (Å²) in [5.74, 6) is 0.506. The number of aryl methyl sites for hydroxylation is 2. The van der Waals surface area contributed by atoms with Crippen LogP contribution < -0.4 is 0 Å². The van der Waals surface area contributed by atoms with E-state index in [0.29, 0.717) is 5.92 Å². The van der Waals surface area contributed by atoms with Crippen LogP contribution in [-0.4, -0.2) is 15.0 Å². The molecule has 0 N–H and O–H groups in total. The molecule has 3 radical (unpaired) electrons. The van der Waals surface area contributed by atoms with Crippen LogP contribution in [-0.2, 0) is 65.7 Å². The largest absolute Gasteiger partial charge is 0.304 e. The second-order valence-electron chi connectivity index (χ2n) is 17.0. The van der Waals surface area contributed by atoms with Crippen molar-refractivity contribution in [1.29, 1.82) is 0 Å². The third-order valence-corrected chi connectivity index (χ3v) is 11.0. The predicted molar refractivity (Wildman–Crippen MR) is 264 cm³/mol. The summed E-state index contributed by atoms with van der Waals surface area (Å²) in [6.07, 6.45) is 5.86. The van der Waals surface area contributed by atoms with Gasteiger partial charge in [0.15, 0.2) is 0 Å². The predicted octanol–water partition coefficient (Wildman–Crippen LogP) is 15.7. The standard InChI is InChI=1S/C21H20N.C20H18N.C19H16N.3Ir/c1-21(2,3)19-12-13-20(22-15-19)18-11-7-10-17(14-18)16-8-5-4-6-9-16;1-15(2)19-11-12-20(21-14-19)18-10-6-9-17(13-18)16-7-4-3-5-8-16;1-14-11-19(20-13-15(14)2)18-10-6-9-17(12-18)16-7-4-3-5-8-16;;;/h4-10,12-15H,1-3H3;3-9,11-15H,1-2H3;3-9,11-13H,1-2H3;;;/q3*-1;;;. The summed E-state index contributed by atoms with van der Waals surface area (Å²) in [5.41, 5.74) is 18.3. The Morgan fingerprint density at radius 1 is 0.394 bits per heavy atom. The zero-order valence-corrected chi connectivity index (χ0v) is 45.6. The van der Waals surface area contributed by atoms with E-state index in [2.05, 4.69) is 221 Å². The molecule has 6 heteroatoms. The number of pyridine rings is 3. The molecule has 66 heavy (non-hydrogen) atoms. The minimum absolute atomic E-state index is 0. The van der Waals surface area contributed by atoms with Crippen LogP contribution in [0.5, 0.6) is 0 Å². The minimum Gasteiger partial charge on any atom is -0.304 e. The van der Waals surface area contributed by atoms with Crippen LogP contribution in [0.25, 0.3) is 67.2 Å². The van der Waals surface area contributed by atoms with Gasteiger partial charge in [-0.15, -0.1) is 106 Å². The summed E-state index contributed by atoms with van der Waals surface area (Å²) in [6.45, 7) is 15.2. The van der Waals surface area contributed by atoms with Crippen LogP contribution in [0.3, 0.4) is 0 Å². The molecular weight excluding hydrogens is 1340 g/mol. The van der Waals surface area contributed by atoms with Gasteiger partial charge in [-0.2, -0.15) is 0 Å². The number of benzene rings is 6. The maximum Gasteiger partial charge on any atom is 0.0198 e. The first kappa shape index (κ1) is 53.3.